The summed E-state index contributed by atoms with van der Waals surface area (Å²) in [5.74, 6) is 1.59. The average Bonchev–Trinajstić information content (AvgIpc) is 2.99. The Kier molecular flexibility index (Phi) is 4.82. The molecule has 1 N–H and O–H groups in total. The van der Waals surface area contributed by atoms with Gasteiger partial charge in [-0.05, 0) is 43.2 Å². The van der Waals surface area contributed by atoms with E-state index in [-0.39, 0.29) is 11.9 Å². The molecule has 1 atom stereocenters. The number of ether oxygens (including phenoxy) is 1. The summed E-state index contributed by atoms with van der Waals surface area (Å²) >= 11 is 0. The molecule has 2 aromatic rings. The Bertz CT molecular complexity index is 549. The lowest BCUT2D eigenvalue weighted by atomic mass is 10.1. The van der Waals surface area contributed by atoms with Gasteiger partial charge in [0.1, 0.15) is 11.5 Å². The van der Waals surface area contributed by atoms with Gasteiger partial charge >= 0.3 is 0 Å². The highest BCUT2D eigenvalue weighted by Crippen LogP contribution is 2.15. The molecule has 1 unspecified atom stereocenters. The lowest BCUT2D eigenvalue weighted by Crippen LogP contribution is -2.26. The molecule has 20 heavy (non-hydrogen) atoms. The standard InChI is InChI=1S/C16H19NO3/c1-12(15-7-4-10-20-15)17-16(18)9-8-13-5-3-6-14(11-13)19-2/h3-7,10-12H,8-9H2,1-2H3,(H,17,18). The first-order chi connectivity index (χ1) is 9.69. The van der Waals surface area contributed by atoms with Gasteiger partial charge in [0.2, 0.25) is 5.91 Å². The second kappa shape index (κ2) is 6.80. The van der Waals surface area contributed by atoms with E-state index < -0.39 is 0 Å². The van der Waals surface area contributed by atoms with Gasteiger partial charge in [-0.1, -0.05) is 12.1 Å². The molecule has 1 heterocycles. The monoisotopic (exact) mass is 273 g/mol. The highest BCUT2D eigenvalue weighted by atomic mass is 16.5. The normalized spacial score (nSPS) is 11.9. The molecule has 0 aliphatic heterocycles. The second-order valence-electron chi connectivity index (χ2n) is 4.66. The minimum absolute atomic E-state index is 0.0109. The number of hydrogen-bond acceptors (Lipinski definition) is 3. The third-order valence-corrected chi connectivity index (χ3v) is 3.12. The van der Waals surface area contributed by atoms with Gasteiger partial charge in [0.25, 0.3) is 0 Å². The summed E-state index contributed by atoms with van der Waals surface area (Å²) in [7, 11) is 1.64. The molecule has 0 saturated carbocycles. The molecule has 0 saturated heterocycles. The van der Waals surface area contributed by atoms with Crippen LogP contribution in [0.25, 0.3) is 0 Å². The van der Waals surface area contributed by atoms with E-state index >= 15 is 0 Å². The number of carbonyl (C=O) groups is 1. The van der Waals surface area contributed by atoms with Crippen LogP contribution in [0, 0.1) is 0 Å². The summed E-state index contributed by atoms with van der Waals surface area (Å²) in [5.41, 5.74) is 1.09. The zero-order valence-electron chi connectivity index (χ0n) is 11.8. The van der Waals surface area contributed by atoms with Gasteiger partial charge in [-0.2, -0.15) is 0 Å². The third kappa shape index (κ3) is 3.88. The third-order valence-electron chi connectivity index (χ3n) is 3.12. The highest BCUT2D eigenvalue weighted by Gasteiger charge is 2.11. The van der Waals surface area contributed by atoms with Gasteiger partial charge < -0.3 is 14.5 Å². The fourth-order valence-electron chi connectivity index (χ4n) is 2.01. The molecule has 0 radical (unpaired) electrons. The molecule has 4 nitrogen and oxygen atoms in total. The zero-order valence-corrected chi connectivity index (χ0v) is 11.8. The molecule has 4 heteroatoms. The summed E-state index contributed by atoms with van der Waals surface area (Å²) < 4.78 is 10.4. The fourth-order valence-corrected chi connectivity index (χ4v) is 2.01. The molecule has 0 fully saturated rings. The lowest BCUT2D eigenvalue weighted by molar-refractivity contribution is -0.121. The molecule has 0 bridgehead atoms. The SMILES string of the molecule is COc1cccc(CCC(=O)NC(C)c2ccco2)c1. The number of methoxy groups -OCH3 is 1. The topological polar surface area (TPSA) is 51.5 Å². The van der Waals surface area contributed by atoms with Crippen molar-refractivity contribution in [1.82, 2.24) is 5.32 Å². The first kappa shape index (κ1) is 14.2. The number of carbonyl (C=O) groups excluding carboxylic acids is 1. The van der Waals surface area contributed by atoms with E-state index in [4.69, 9.17) is 9.15 Å². The van der Waals surface area contributed by atoms with E-state index in [2.05, 4.69) is 5.32 Å². The molecule has 0 aliphatic rings. The Balaban J connectivity index is 1.83. The van der Waals surface area contributed by atoms with Crippen molar-refractivity contribution in [3.05, 3.63) is 54.0 Å². The van der Waals surface area contributed by atoms with Crippen molar-refractivity contribution in [3.63, 3.8) is 0 Å². The van der Waals surface area contributed by atoms with Crippen molar-refractivity contribution in [1.29, 1.82) is 0 Å². The largest absolute Gasteiger partial charge is 0.497 e. The van der Waals surface area contributed by atoms with Gasteiger partial charge in [0.05, 0.1) is 19.4 Å². The molecular weight excluding hydrogens is 254 g/mol. The van der Waals surface area contributed by atoms with Crippen molar-refractivity contribution >= 4 is 5.91 Å². The Labute approximate surface area is 118 Å². The predicted octanol–water partition coefficient (Wildman–Crippen LogP) is 3.10. The van der Waals surface area contributed by atoms with Crippen molar-refractivity contribution in [3.8, 4) is 5.75 Å². The molecule has 106 valence electrons. The number of benzene rings is 1. The molecule has 1 amide bonds. The first-order valence-electron chi connectivity index (χ1n) is 6.64. The van der Waals surface area contributed by atoms with Gasteiger partial charge in [-0.15, -0.1) is 0 Å². The maximum absolute atomic E-state index is 11.9. The smallest absolute Gasteiger partial charge is 0.220 e. The van der Waals surface area contributed by atoms with Gasteiger partial charge in [-0.25, -0.2) is 0 Å². The van der Waals surface area contributed by atoms with Crippen LogP contribution >= 0.6 is 0 Å². The number of nitrogens with one attached hydrogen (secondary N) is 1. The Morgan fingerprint density at radius 3 is 2.90 bits per heavy atom. The lowest BCUT2D eigenvalue weighted by Gasteiger charge is -2.11. The Hall–Kier alpha value is -2.23. The molecule has 1 aromatic heterocycles. The highest BCUT2D eigenvalue weighted by molar-refractivity contribution is 5.76. The van der Waals surface area contributed by atoms with Crippen LogP contribution in [0.3, 0.4) is 0 Å². The molecule has 0 aliphatic carbocycles. The summed E-state index contributed by atoms with van der Waals surface area (Å²) in [6.07, 6.45) is 2.74. The van der Waals surface area contributed by atoms with Crippen molar-refractivity contribution < 1.29 is 13.9 Å². The van der Waals surface area contributed by atoms with Crippen molar-refractivity contribution in [2.75, 3.05) is 7.11 Å². The number of furan rings is 1. The average molecular weight is 273 g/mol. The van der Waals surface area contributed by atoms with Crippen LogP contribution in [0.4, 0.5) is 0 Å². The Morgan fingerprint density at radius 2 is 2.20 bits per heavy atom. The quantitative estimate of drug-likeness (QED) is 0.880. The number of aryl methyl sites for hydroxylation is 1. The summed E-state index contributed by atoms with van der Waals surface area (Å²) in [6, 6.07) is 11.3. The van der Waals surface area contributed by atoms with Crippen molar-refractivity contribution in [2.24, 2.45) is 0 Å². The van der Waals surface area contributed by atoms with E-state index in [9.17, 15) is 4.79 Å². The van der Waals surface area contributed by atoms with Crippen LogP contribution < -0.4 is 10.1 Å². The van der Waals surface area contributed by atoms with E-state index in [1.807, 2.05) is 43.3 Å². The summed E-state index contributed by atoms with van der Waals surface area (Å²) in [6.45, 7) is 1.91. The number of amides is 1. The van der Waals surface area contributed by atoms with Crippen LogP contribution in [0.15, 0.2) is 47.1 Å². The molecule has 0 spiro atoms. The van der Waals surface area contributed by atoms with Gasteiger partial charge in [0.15, 0.2) is 0 Å². The van der Waals surface area contributed by atoms with Crippen LogP contribution in [-0.2, 0) is 11.2 Å². The van der Waals surface area contributed by atoms with E-state index in [1.54, 1.807) is 13.4 Å². The Morgan fingerprint density at radius 1 is 1.35 bits per heavy atom. The number of hydrogen-bond donors (Lipinski definition) is 1. The second-order valence-corrected chi connectivity index (χ2v) is 4.66. The predicted molar refractivity (Wildman–Crippen MR) is 76.6 cm³/mol. The molecule has 2 rings (SSSR count). The van der Waals surface area contributed by atoms with E-state index in [0.29, 0.717) is 12.8 Å². The van der Waals surface area contributed by atoms with Gasteiger partial charge in [-0.3, -0.25) is 4.79 Å². The van der Waals surface area contributed by atoms with Crippen LogP contribution in [-0.4, -0.2) is 13.0 Å². The van der Waals surface area contributed by atoms with Crippen LogP contribution in [0.2, 0.25) is 0 Å². The fraction of sp³-hybridized carbons (Fsp3) is 0.312. The summed E-state index contributed by atoms with van der Waals surface area (Å²) in [5, 5.41) is 2.92. The first-order valence-corrected chi connectivity index (χ1v) is 6.64. The van der Waals surface area contributed by atoms with Crippen LogP contribution in [0.5, 0.6) is 5.75 Å². The van der Waals surface area contributed by atoms with Crippen molar-refractivity contribution in [2.45, 2.75) is 25.8 Å². The van der Waals surface area contributed by atoms with Crippen LogP contribution in [0.1, 0.15) is 30.7 Å². The maximum Gasteiger partial charge on any atom is 0.220 e. The molecular formula is C16H19NO3. The van der Waals surface area contributed by atoms with E-state index in [0.717, 1.165) is 17.1 Å². The number of rotatable bonds is 6. The minimum Gasteiger partial charge on any atom is -0.497 e. The minimum atomic E-state index is -0.109. The van der Waals surface area contributed by atoms with Gasteiger partial charge in [0, 0.05) is 6.42 Å². The van der Waals surface area contributed by atoms with E-state index in [1.165, 1.54) is 0 Å². The molecule has 1 aromatic carbocycles. The maximum atomic E-state index is 11.9. The zero-order chi connectivity index (χ0) is 14.4. The summed E-state index contributed by atoms with van der Waals surface area (Å²) in [4.78, 5) is 11.9.